The molecule has 0 spiro atoms. The maximum atomic E-state index is 10.2. The number of ether oxygens (including phenoxy) is 1. The van der Waals surface area contributed by atoms with Crippen LogP contribution in [0.15, 0.2) is 0 Å². The van der Waals surface area contributed by atoms with E-state index in [4.69, 9.17) is 10.5 Å². The highest BCUT2D eigenvalue weighted by Gasteiger charge is 2.09. The van der Waals surface area contributed by atoms with Crippen LogP contribution < -0.4 is 5.73 Å². The third kappa shape index (κ3) is 7.43. The number of primary amides is 1. The minimum atomic E-state index is -0.316. The van der Waals surface area contributed by atoms with E-state index in [1.165, 1.54) is 0 Å². The molecule has 0 bridgehead atoms. The van der Waals surface area contributed by atoms with Gasteiger partial charge in [-0.25, -0.2) is 0 Å². The molecular weight excluding hydrogens is 130 g/mol. The highest BCUT2D eigenvalue weighted by atomic mass is 16.5. The molecule has 0 radical (unpaired) electrons. The molecule has 60 valence electrons. The van der Waals surface area contributed by atoms with Crippen LogP contribution in [0.25, 0.3) is 0 Å². The SMILES string of the molecule is CC(C)(C)OCCC(N)=O. The van der Waals surface area contributed by atoms with Gasteiger partial charge in [-0.05, 0) is 20.8 Å². The van der Waals surface area contributed by atoms with Crippen LogP contribution in [0.4, 0.5) is 0 Å². The summed E-state index contributed by atoms with van der Waals surface area (Å²) in [6.45, 7) is 6.23. The van der Waals surface area contributed by atoms with Crippen molar-refractivity contribution in [3.8, 4) is 0 Å². The molecule has 0 saturated heterocycles. The summed E-state index contributed by atoms with van der Waals surface area (Å²) >= 11 is 0. The monoisotopic (exact) mass is 145 g/mol. The molecular formula is C7H15NO2. The van der Waals surface area contributed by atoms with Gasteiger partial charge < -0.3 is 10.5 Å². The van der Waals surface area contributed by atoms with Gasteiger partial charge in [0.1, 0.15) is 0 Å². The fourth-order valence-corrected chi connectivity index (χ4v) is 0.458. The van der Waals surface area contributed by atoms with E-state index >= 15 is 0 Å². The van der Waals surface area contributed by atoms with Gasteiger partial charge in [0.25, 0.3) is 0 Å². The van der Waals surface area contributed by atoms with Crippen molar-refractivity contribution in [1.82, 2.24) is 0 Å². The number of hydrogen-bond acceptors (Lipinski definition) is 2. The predicted octanol–water partition coefficient (Wildman–Crippen LogP) is 0.677. The molecule has 0 aliphatic rings. The molecule has 0 saturated carbocycles. The molecule has 0 aromatic heterocycles. The molecule has 0 rings (SSSR count). The minimum Gasteiger partial charge on any atom is -0.375 e. The Hall–Kier alpha value is -0.570. The second kappa shape index (κ2) is 3.56. The number of rotatable bonds is 3. The van der Waals surface area contributed by atoms with Crippen molar-refractivity contribution in [3.05, 3.63) is 0 Å². The first-order valence-electron chi connectivity index (χ1n) is 3.34. The lowest BCUT2D eigenvalue weighted by Gasteiger charge is -2.18. The van der Waals surface area contributed by atoms with E-state index in [2.05, 4.69) is 0 Å². The second-order valence-corrected chi connectivity index (χ2v) is 3.18. The number of nitrogens with two attached hydrogens (primary N) is 1. The van der Waals surface area contributed by atoms with Gasteiger partial charge in [0, 0.05) is 6.42 Å². The Morgan fingerprint density at radius 1 is 1.50 bits per heavy atom. The first-order valence-corrected chi connectivity index (χ1v) is 3.34. The van der Waals surface area contributed by atoms with Gasteiger partial charge in [-0.15, -0.1) is 0 Å². The van der Waals surface area contributed by atoms with Crippen LogP contribution in [0, 0.1) is 0 Å². The lowest BCUT2D eigenvalue weighted by molar-refractivity contribution is -0.120. The van der Waals surface area contributed by atoms with E-state index in [0.717, 1.165) is 0 Å². The molecule has 3 heteroatoms. The standard InChI is InChI=1S/C7H15NO2/c1-7(2,3)10-5-4-6(8)9/h4-5H2,1-3H3,(H2,8,9). The molecule has 10 heavy (non-hydrogen) atoms. The summed E-state index contributed by atoms with van der Waals surface area (Å²) < 4.78 is 5.24. The zero-order valence-electron chi connectivity index (χ0n) is 6.81. The van der Waals surface area contributed by atoms with Crippen LogP contribution in [-0.4, -0.2) is 18.1 Å². The normalized spacial score (nSPS) is 11.5. The zero-order chi connectivity index (χ0) is 8.20. The molecule has 0 fully saturated rings. The second-order valence-electron chi connectivity index (χ2n) is 3.18. The summed E-state index contributed by atoms with van der Waals surface area (Å²) in [5.74, 6) is -0.316. The zero-order valence-corrected chi connectivity index (χ0v) is 6.81. The molecule has 0 aliphatic heterocycles. The predicted molar refractivity (Wildman–Crippen MR) is 39.5 cm³/mol. The fraction of sp³-hybridized carbons (Fsp3) is 0.857. The van der Waals surface area contributed by atoms with Crippen molar-refractivity contribution in [2.24, 2.45) is 5.73 Å². The number of amides is 1. The van der Waals surface area contributed by atoms with Crippen molar-refractivity contribution in [2.45, 2.75) is 32.8 Å². The highest BCUT2D eigenvalue weighted by molar-refractivity contribution is 5.73. The third-order valence-corrected chi connectivity index (χ3v) is 0.884. The van der Waals surface area contributed by atoms with Gasteiger partial charge in [0.15, 0.2) is 0 Å². The summed E-state index contributed by atoms with van der Waals surface area (Å²) in [5.41, 5.74) is 4.73. The van der Waals surface area contributed by atoms with Crippen molar-refractivity contribution in [1.29, 1.82) is 0 Å². The Morgan fingerprint density at radius 2 is 2.00 bits per heavy atom. The van der Waals surface area contributed by atoms with Crippen LogP contribution in [0.3, 0.4) is 0 Å². The van der Waals surface area contributed by atoms with Crippen LogP contribution in [0.5, 0.6) is 0 Å². The molecule has 0 aromatic rings. The van der Waals surface area contributed by atoms with Crippen molar-refractivity contribution in [3.63, 3.8) is 0 Å². The van der Waals surface area contributed by atoms with E-state index < -0.39 is 0 Å². The molecule has 0 heterocycles. The fourth-order valence-electron chi connectivity index (χ4n) is 0.458. The van der Waals surface area contributed by atoms with E-state index in [0.29, 0.717) is 13.0 Å². The van der Waals surface area contributed by atoms with Crippen LogP contribution in [0.2, 0.25) is 0 Å². The molecule has 0 aliphatic carbocycles. The van der Waals surface area contributed by atoms with Crippen LogP contribution in [0.1, 0.15) is 27.2 Å². The first-order chi connectivity index (χ1) is 4.42. The quantitative estimate of drug-likeness (QED) is 0.634. The van der Waals surface area contributed by atoms with Crippen LogP contribution in [-0.2, 0) is 9.53 Å². The molecule has 2 N–H and O–H groups in total. The Morgan fingerprint density at radius 3 is 2.30 bits per heavy atom. The third-order valence-electron chi connectivity index (χ3n) is 0.884. The van der Waals surface area contributed by atoms with Gasteiger partial charge in [-0.2, -0.15) is 0 Å². The first kappa shape index (κ1) is 9.43. The average molecular weight is 145 g/mol. The van der Waals surface area contributed by atoms with E-state index in [-0.39, 0.29) is 11.5 Å². The van der Waals surface area contributed by atoms with Gasteiger partial charge in [0.2, 0.25) is 5.91 Å². The number of carbonyl (C=O) groups is 1. The maximum absolute atomic E-state index is 10.2. The summed E-state index contributed by atoms with van der Waals surface area (Å²) in [4.78, 5) is 10.2. The molecule has 3 nitrogen and oxygen atoms in total. The summed E-state index contributed by atoms with van der Waals surface area (Å²) in [5, 5.41) is 0. The van der Waals surface area contributed by atoms with Crippen LogP contribution >= 0.6 is 0 Å². The van der Waals surface area contributed by atoms with Crippen molar-refractivity contribution in [2.75, 3.05) is 6.61 Å². The Balaban J connectivity index is 3.29. The Labute approximate surface area is 61.5 Å². The maximum Gasteiger partial charge on any atom is 0.219 e. The minimum absolute atomic E-state index is 0.171. The highest BCUT2D eigenvalue weighted by Crippen LogP contribution is 2.06. The van der Waals surface area contributed by atoms with Gasteiger partial charge in [0.05, 0.1) is 12.2 Å². The summed E-state index contributed by atoms with van der Waals surface area (Å²) in [7, 11) is 0. The molecule has 0 atom stereocenters. The largest absolute Gasteiger partial charge is 0.375 e. The summed E-state index contributed by atoms with van der Waals surface area (Å²) in [6, 6.07) is 0. The van der Waals surface area contributed by atoms with Crippen molar-refractivity contribution >= 4 is 5.91 Å². The summed E-state index contributed by atoms with van der Waals surface area (Å²) in [6.07, 6.45) is 0.303. The topological polar surface area (TPSA) is 52.3 Å². The molecule has 0 aromatic carbocycles. The van der Waals surface area contributed by atoms with E-state index in [1.807, 2.05) is 20.8 Å². The average Bonchev–Trinajstić information content (AvgIpc) is 1.59. The number of carbonyl (C=O) groups excluding carboxylic acids is 1. The number of hydrogen-bond donors (Lipinski definition) is 1. The Bertz CT molecular complexity index is 115. The lowest BCUT2D eigenvalue weighted by Crippen LogP contribution is -2.22. The lowest BCUT2D eigenvalue weighted by atomic mass is 10.2. The van der Waals surface area contributed by atoms with Crippen molar-refractivity contribution < 1.29 is 9.53 Å². The molecule has 1 amide bonds. The van der Waals surface area contributed by atoms with Gasteiger partial charge in [-0.3, -0.25) is 4.79 Å². The van der Waals surface area contributed by atoms with Gasteiger partial charge >= 0.3 is 0 Å². The van der Waals surface area contributed by atoms with E-state index in [1.54, 1.807) is 0 Å². The van der Waals surface area contributed by atoms with E-state index in [9.17, 15) is 4.79 Å². The van der Waals surface area contributed by atoms with Gasteiger partial charge in [-0.1, -0.05) is 0 Å². The molecule has 0 unspecified atom stereocenters. The smallest absolute Gasteiger partial charge is 0.219 e. The Kier molecular flexibility index (Phi) is 3.36.